The Kier molecular flexibility index (Phi) is 5.73. The summed E-state index contributed by atoms with van der Waals surface area (Å²) in [6, 6.07) is 6.23. The number of rotatable bonds is 6. The molecule has 2 aromatic rings. The average Bonchev–Trinajstić information content (AvgIpc) is 2.90. The van der Waals surface area contributed by atoms with Crippen LogP contribution < -0.4 is 5.32 Å². The maximum atomic E-state index is 12.0. The second-order valence-electron chi connectivity index (χ2n) is 4.85. The van der Waals surface area contributed by atoms with E-state index in [0.29, 0.717) is 17.7 Å². The second kappa shape index (κ2) is 7.56. The molecule has 0 spiro atoms. The first-order valence-corrected chi connectivity index (χ1v) is 7.64. The van der Waals surface area contributed by atoms with Gasteiger partial charge in [-0.05, 0) is 24.6 Å². The van der Waals surface area contributed by atoms with Crippen molar-refractivity contribution < 1.29 is 22.7 Å². The van der Waals surface area contributed by atoms with E-state index < -0.39 is 12.8 Å². The molecule has 4 nitrogen and oxygen atoms in total. The van der Waals surface area contributed by atoms with Gasteiger partial charge in [0.2, 0.25) is 0 Å². The number of carbonyl (C=O) groups is 1. The Hall–Kier alpha value is -1.93. The van der Waals surface area contributed by atoms with Crippen LogP contribution >= 0.6 is 11.3 Å². The predicted molar refractivity (Wildman–Crippen MR) is 80.2 cm³/mol. The third kappa shape index (κ3) is 5.99. The van der Waals surface area contributed by atoms with Crippen molar-refractivity contribution in [1.29, 1.82) is 0 Å². The number of alkyl halides is 3. The number of halogens is 3. The van der Waals surface area contributed by atoms with Crippen molar-refractivity contribution in [3.63, 3.8) is 0 Å². The van der Waals surface area contributed by atoms with Gasteiger partial charge >= 0.3 is 6.18 Å². The highest BCUT2D eigenvalue weighted by Crippen LogP contribution is 2.16. The number of aryl methyl sites for hydroxylation is 1. The van der Waals surface area contributed by atoms with Crippen LogP contribution in [0.15, 0.2) is 29.6 Å². The topological polar surface area (TPSA) is 51.2 Å². The Morgan fingerprint density at radius 3 is 2.57 bits per heavy atom. The van der Waals surface area contributed by atoms with Crippen molar-refractivity contribution in [3.8, 4) is 0 Å². The summed E-state index contributed by atoms with van der Waals surface area (Å²) in [4.78, 5) is 16.2. The number of hydrogen-bond donors (Lipinski definition) is 1. The molecule has 8 heteroatoms. The quantitative estimate of drug-likeness (QED) is 0.873. The third-order valence-corrected chi connectivity index (χ3v) is 3.67. The Morgan fingerprint density at radius 1 is 1.30 bits per heavy atom. The summed E-state index contributed by atoms with van der Waals surface area (Å²) >= 11 is 1.51. The summed E-state index contributed by atoms with van der Waals surface area (Å²) in [5.41, 5.74) is 1.79. The molecule has 1 N–H and O–H groups in total. The zero-order chi connectivity index (χ0) is 16.9. The molecule has 0 aliphatic rings. The molecule has 1 amide bonds. The lowest BCUT2D eigenvalue weighted by Gasteiger charge is -2.08. The first kappa shape index (κ1) is 17.4. The van der Waals surface area contributed by atoms with Gasteiger partial charge in [-0.3, -0.25) is 4.79 Å². The van der Waals surface area contributed by atoms with Crippen LogP contribution in [-0.4, -0.2) is 23.7 Å². The summed E-state index contributed by atoms with van der Waals surface area (Å²) in [7, 11) is 0. The van der Waals surface area contributed by atoms with Crippen LogP contribution in [0.3, 0.4) is 0 Å². The van der Waals surface area contributed by atoms with Crippen LogP contribution in [0, 0.1) is 6.92 Å². The van der Waals surface area contributed by atoms with Gasteiger partial charge in [0.1, 0.15) is 6.61 Å². The molecule has 23 heavy (non-hydrogen) atoms. The van der Waals surface area contributed by atoms with Crippen molar-refractivity contribution >= 4 is 17.2 Å². The van der Waals surface area contributed by atoms with Crippen molar-refractivity contribution in [2.45, 2.75) is 26.3 Å². The highest BCUT2D eigenvalue weighted by molar-refractivity contribution is 7.09. The fourth-order valence-electron chi connectivity index (χ4n) is 1.80. The van der Waals surface area contributed by atoms with Gasteiger partial charge in [0.15, 0.2) is 0 Å². The van der Waals surface area contributed by atoms with Crippen LogP contribution in [0.1, 0.15) is 26.6 Å². The second-order valence-corrected chi connectivity index (χ2v) is 5.91. The van der Waals surface area contributed by atoms with Crippen LogP contribution in [0.4, 0.5) is 13.2 Å². The normalized spacial score (nSPS) is 11.5. The fraction of sp³-hybridized carbons (Fsp3) is 0.333. The maximum Gasteiger partial charge on any atom is 0.411 e. The number of amides is 1. The Morgan fingerprint density at radius 2 is 2.00 bits per heavy atom. The highest BCUT2D eigenvalue weighted by Gasteiger charge is 2.27. The molecule has 1 heterocycles. The van der Waals surface area contributed by atoms with Crippen molar-refractivity contribution in [2.75, 3.05) is 6.61 Å². The smallest absolute Gasteiger partial charge is 0.367 e. The lowest BCUT2D eigenvalue weighted by atomic mass is 10.1. The molecule has 0 saturated carbocycles. The van der Waals surface area contributed by atoms with Gasteiger partial charge in [0, 0.05) is 10.9 Å². The molecule has 0 saturated heterocycles. The monoisotopic (exact) mass is 344 g/mol. The Labute approximate surface area is 135 Å². The average molecular weight is 344 g/mol. The molecule has 1 aromatic carbocycles. The van der Waals surface area contributed by atoms with E-state index in [2.05, 4.69) is 15.0 Å². The van der Waals surface area contributed by atoms with Crippen LogP contribution in [0.25, 0.3) is 0 Å². The number of benzene rings is 1. The van der Waals surface area contributed by atoms with Gasteiger partial charge in [0.25, 0.3) is 5.91 Å². The van der Waals surface area contributed by atoms with Gasteiger partial charge in [-0.25, -0.2) is 4.98 Å². The number of carbonyl (C=O) groups excluding carboxylic acids is 1. The minimum atomic E-state index is -4.34. The molecule has 1 aromatic heterocycles. The molecule has 0 aliphatic carbocycles. The van der Waals surface area contributed by atoms with E-state index in [1.54, 1.807) is 24.3 Å². The highest BCUT2D eigenvalue weighted by atomic mass is 32.1. The zero-order valence-corrected chi connectivity index (χ0v) is 13.1. The zero-order valence-electron chi connectivity index (χ0n) is 12.3. The minimum Gasteiger partial charge on any atom is -0.367 e. The van der Waals surface area contributed by atoms with E-state index in [9.17, 15) is 18.0 Å². The number of ether oxygens (including phenoxy) is 1. The fourth-order valence-corrected chi connectivity index (χ4v) is 2.41. The Balaban J connectivity index is 1.82. The Bertz CT molecular complexity index is 653. The van der Waals surface area contributed by atoms with E-state index in [-0.39, 0.29) is 12.5 Å². The molecule has 0 radical (unpaired) electrons. The van der Waals surface area contributed by atoms with Crippen molar-refractivity contribution in [3.05, 3.63) is 51.5 Å². The predicted octanol–water partition coefficient (Wildman–Crippen LogP) is 3.46. The lowest BCUT2D eigenvalue weighted by molar-refractivity contribution is -0.176. The SMILES string of the molecule is Cc1nc(CNC(=O)c2ccc(COCC(F)(F)F)cc2)cs1. The number of aromatic nitrogens is 1. The number of hydrogen-bond acceptors (Lipinski definition) is 4. The molecule has 124 valence electrons. The minimum absolute atomic E-state index is 0.153. The molecule has 2 rings (SSSR count). The van der Waals surface area contributed by atoms with Crippen LogP contribution in [0.5, 0.6) is 0 Å². The summed E-state index contributed by atoms with van der Waals surface area (Å²) in [5, 5.41) is 5.54. The largest absolute Gasteiger partial charge is 0.411 e. The number of nitrogens with zero attached hydrogens (tertiary/aromatic N) is 1. The molecular weight excluding hydrogens is 329 g/mol. The first-order valence-electron chi connectivity index (χ1n) is 6.76. The molecule has 0 unspecified atom stereocenters. The molecule has 0 aliphatic heterocycles. The molecule has 0 atom stereocenters. The van der Waals surface area contributed by atoms with E-state index in [1.165, 1.54) is 11.3 Å². The lowest BCUT2D eigenvalue weighted by Crippen LogP contribution is -2.23. The van der Waals surface area contributed by atoms with Crippen LogP contribution in [-0.2, 0) is 17.9 Å². The number of nitrogens with one attached hydrogen (secondary N) is 1. The first-order chi connectivity index (χ1) is 10.8. The van der Waals surface area contributed by atoms with Crippen molar-refractivity contribution in [1.82, 2.24) is 10.3 Å². The maximum absolute atomic E-state index is 12.0. The summed E-state index contributed by atoms with van der Waals surface area (Å²) < 4.78 is 40.5. The van der Waals surface area contributed by atoms with E-state index in [1.807, 2.05) is 12.3 Å². The van der Waals surface area contributed by atoms with Gasteiger partial charge < -0.3 is 10.1 Å². The van der Waals surface area contributed by atoms with Gasteiger partial charge in [-0.2, -0.15) is 13.2 Å². The molecule has 0 fully saturated rings. The van der Waals surface area contributed by atoms with Gasteiger partial charge in [-0.1, -0.05) is 12.1 Å². The van der Waals surface area contributed by atoms with E-state index in [4.69, 9.17) is 0 Å². The van der Waals surface area contributed by atoms with Gasteiger partial charge in [0.05, 0.1) is 23.9 Å². The summed E-state index contributed by atoms with van der Waals surface area (Å²) in [6.07, 6.45) is -4.34. The number of thiazole rings is 1. The standard InChI is InChI=1S/C15H15F3N2O2S/c1-10-20-13(8-23-10)6-19-14(21)12-4-2-11(3-5-12)7-22-9-15(16,17)18/h2-5,8H,6-7,9H2,1H3,(H,19,21). The van der Waals surface area contributed by atoms with Crippen LogP contribution in [0.2, 0.25) is 0 Å². The molecular formula is C15H15F3N2O2S. The third-order valence-electron chi connectivity index (χ3n) is 2.85. The summed E-state index contributed by atoms with van der Waals surface area (Å²) in [5.74, 6) is -0.265. The van der Waals surface area contributed by atoms with Gasteiger partial charge in [-0.15, -0.1) is 11.3 Å². The summed E-state index contributed by atoms with van der Waals surface area (Å²) in [6.45, 7) is 0.775. The van der Waals surface area contributed by atoms with E-state index in [0.717, 1.165) is 10.7 Å². The van der Waals surface area contributed by atoms with E-state index >= 15 is 0 Å². The molecule has 0 bridgehead atoms. The van der Waals surface area contributed by atoms with Crippen molar-refractivity contribution in [2.24, 2.45) is 0 Å².